The summed E-state index contributed by atoms with van der Waals surface area (Å²) in [4.78, 5) is 22.9. The summed E-state index contributed by atoms with van der Waals surface area (Å²) >= 11 is 0. The molecule has 0 aliphatic heterocycles. The van der Waals surface area contributed by atoms with Crippen LogP contribution in [0.15, 0.2) is 18.2 Å². The minimum Gasteiger partial charge on any atom is -0.480 e. The molecule has 0 radical (unpaired) electrons. The van der Waals surface area contributed by atoms with E-state index in [0.717, 1.165) is 18.4 Å². The fraction of sp³-hybridized carbons (Fsp3) is 0.467. The lowest BCUT2D eigenvalue weighted by Gasteiger charge is -2.12. The highest BCUT2D eigenvalue weighted by Crippen LogP contribution is 2.35. The molecule has 3 rings (SSSR count). The van der Waals surface area contributed by atoms with Crippen LogP contribution in [0.4, 0.5) is 0 Å². The van der Waals surface area contributed by atoms with Gasteiger partial charge in [0.2, 0.25) is 5.91 Å². The molecule has 0 atom stereocenters. The lowest BCUT2D eigenvalue weighted by Crippen LogP contribution is -2.43. The Morgan fingerprint density at radius 3 is 2.63 bits per heavy atom. The van der Waals surface area contributed by atoms with E-state index in [4.69, 9.17) is 5.11 Å². The molecule has 0 unspecified atom stereocenters. The molecular formula is C15H17NO3. The molecule has 2 aliphatic carbocycles. The Labute approximate surface area is 111 Å². The Morgan fingerprint density at radius 2 is 1.95 bits per heavy atom. The van der Waals surface area contributed by atoms with E-state index >= 15 is 0 Å². The highest BCUT2D eigenvalue weighted by atomic mass is 16.4. The van der Waals surface area contributed by atoms with Crippen LogP contribution in [0.1, 0.15) is 36.0 Å². The number of carboxylic acids is 1. The Morgan fingerprint density at radius 1 is 1.21 bits per heavy atom. The van der Waals surface area contributed by atoms with Crippen molar-refractivity contribution in [3.05, 3.63) is 34.9 Å². The third-order valence-corrected chi connectivity index (χ3v) is 4.07. The Balaban J connectivity index is 1.65. The average Bonchev–Trinajstić information content (AvgIpc) is 2.99. The van der Waals surface area contributed by atoms with Crippen molar-refractivity contribution in [3.8, 4) is 0 Å². The van der Waals surface area contributed by atoms with Gasteiger partial charge in [0.1, 0.15) is 5.54 Å². The SMILES string of the molecule is O=C(Cc1ccc2c(c1)CCC2)NC1(C(=O)O)CC1. The second kappa shape index (κ2) is 4.37. The van der Waals surface area contributed by atoms with E-state index in [0.29, 0.717) is 12.8 Å². The molecule has 0 heterocycles. The Bertz CT molecular complexity index is 546. The van der Waals surface area contributed by atoms with E-state index < -0.39 is 11.5 Å². The third-order valence-electron chi connectivity index (χ3n) is 4.07. The summed E-state index contributed by atoms with van der Waals surface area (Å²) < 4.78 is 0. The van der Waals surface area contributed by atoms with Crippen LogP contribution in [0.25, 0.3) is 0 Å². The number of carboxylic acid groups (broad SMARTS) is 1. The molecule has 1 aromatic carbocycles. The van der Waals surface area contributed by atoms with Crippen LogP contribution in [0, 0.1) is 0 Å². The van der Waals surface area contributed by atoms with Gasteiger partial charge in [0.05, 0.1) is 6.42 Å². The monoisotopic (exact) mass is 259 g/mol. The van der Waals surface area contributed by atoms with Crippen molar-refractivity contribution in [1.82, 2.24) is 5.32 Å². The molecule has 0 saturated heterocycles. The van der Waals surface area contributed by atoms with E-state index in [-0.39, 0.29) is 12.3 Å². The van der Waals surface area contributed by atoms with Gasteiger partial charge in [-0.25, -0.2) is 4.79 Å². The highest BCUT2D eigenvalue weighted by molar-refractivity contribution is 5.90. The summed E-state index contributed by atoms with van der Waals surface area (Å²) in [6, 6.07) is 6.15. The van der Waals surface area contributed by atoms with Gasteiger partial charge >= 0.3 is 5.97 Å². The van der Waals surface area contributed by atoms with Gasteiger partial charge in [0.15, 0.2) is 0 Å². The molecule has 1 saturated carbocycles. The minimum atomic E-state index is -0.978. The highest BCUT2D eigenvalue weighted by Gasteiger charge is 2.51. The molecule has 0 bridgehead atoms. The maximum Gasteiger partial charge on any atom is 0.329 e. The molecule has 100 valence electrons. The van der Waals surface area contributed by atoms with Crippen molar-refractivity contribution in [2.24, 2.45) is 0 Å². The van der Waals surface area contributed by atoms with E-state index in [9.17, 15) is 9.59 Å². The molecule has 4 nitrogen and oxygen atoms in total. The fourth-order valence-electron chi connectivity index (χ4n) is 2.75. The maximum absolute atomic E-state index is 11.9. The average molecular weight is 259 g/mol. The smallest absolute Gasteiger partial charge is 0.329 e. The number of carbonyl (C=O) groups excluding carboxylic acids is 1. The molecule has 1 fully saturated rings. The Hall–Kier alpha value is -1.84. The fourth-order valence-corrected chi connectivity index (χ4v) is 2.75. The van der Waals surface area contributed by atoms with Gasteiger partial charge < -0.3 is 10.4 Å². The van der Waals surface area contributed by atoms with Crippen LogP contribution in [-0.4, -0.2) is 22.5 Å². The van der Waals surface area contributed by atoms with Crippen molar-refractivity contribution in [3.63, 3.8) is 0 Å². The first kappa shape index (κ1) is 12.2. The minimum absolute atomic E-state index is 0.196. The molecule has 1 amide bonds. The number of amides is 1. The van der Waals surface area contributed by atoms with Crippen LogP contribution in [-0.2, 0) is 28.9 Å². The number of carbonyl (C=O) groups is 2. The van der Waals surface area contributed by atoms with Crippen molar-refractivity contribution in [2.45, 2.75) is 44.1 Å². The van der Waals surface area contributed by atoms with Gasteiger partial charge in [0.25, 0.3) is 0 Å². The molecule has 0 aromatic heterocycles. The number of aliphatic carboxylic acids is 1. The number of benzene rings is 1. The van der Waals surface area contributed by atoms with Crippen molar-refractivity contribution < 1.29 is 14.7 Å². The largest absolute Gasteiger partial charge is 0.480 e. The first-order valence-corrected chi connectivity index (χ1v) is 6.74. The first-order valence-electron chi connectivity index (χ1n) is 6.74. The zero-order chi connectivity index (χ0) is 13.5. The summed E-state index contributed by atoms with van der Waals surface area (Å²) in [5.74, 6) is -1.12. The van der Waals surface area contributed by atoms with Gasteiger partial charge in [-0.1, -0.05) is 18.2 Å². The predicted molar refractivity (Wildman–Crippen MR) is 69.9 cm³/mol. The number of aryl methyl sites for hydroxylation is 2. The standard InChI is InChI=1S/C15H17NO3/c17-13(16-15(6-7-15)14(18)19)9-10-4-5-11-2-1-3-12(11)8-10/h4-5,8H,1-3,6-7,9H2,(H,16,17)(H,18,19). The zero-order valence-electron chi connectivity index (χ0n) is 10.7. The van der Waals surface area contributed by atoms with E-state index in [1.54, 1.807) is 0 Å². The topological polar surface area (TPSA) is 66.4 Å². The molecule has 1 aromatic rings. The summed E-state index contributed by atoms with van der Waals surface area (Å²) in [7, 11) is 0. The zero-order valence-corrected chi connectivity index (χ0v) is 10.7. The summed E-state index contributed by atoms with van der Waals surface area (Å²) in [6.45, 7) is 0. The normalized spacial score (nSPS) is 18.7. The van der Waals surface area contributed by atoms with Gasteiger partial charge in [-0.15, -0.1) is 0 Å². The molecular weight excluding hydrogens is 242 g/mol. The second-order valence-electron chi connectivity index (χ2n) is 5.57. The molecule has 0 spiro atoms. The number of hydrogen-bond acceptors (Lipinski definition) is 2. The number of nitrogens with one attached hydrogen (secondary N) is 1. The van der Waals surface area contributed by atoms with Crippen molar-refractivity contribution in [2.75, 3.05) is 0 Å². The van der Waals surface area contributed by atoms with Crippen LogP contribution >= 0.6 is 0 Å². The number of hydrogen-bond donors (Lipinski definition) is 2. The molecule has 4 heteroatoms. The van der Waals surface area contributed by atoms with Crippen molar-refractivity contribution >= 4 is 11.9 Å². The summed E-state index contributed by atoms with van der Waals surface area (Å²) in [5, 5.41) is 11.7. The van der Waals surface area contributed by atoms with Crippen LogP contribution in [0.2, 0.25) is 0 Å². The van der Waals surface area contributed by atoms with Gasteiger partial charge in [0, 0.05) is 0 Å². The maximum atomic E-state index is 11.9. The molecule has 19 heavy (non-hydrogen) atoms. The lowest BCUT2D eigenvalue weighted by atomic mass is 10.0. The lowest BCUT2D eigenvalue weighted by molar-refractivity contribution is -0.143. The summed E-state index contributed by atoms with van der Waals surface area (Å²) in [5.41, 5.74) is 2.71. The van der Waals surface area contributed by atoms with Gasteiger partial charge in [-0.2, -0.15) is 0 Å². The molecule has 2 aliphatic rings. The number of fused-ring (bicyclic) bond motifs is 1. The van der Waals surface area contributed by atoms with Crippen LogP contribution < -0.4 is 5.32 Å². The van der Waals surface area contributed by atoms with E-state index in [1.807, 2.05) is 6.07 Å². The first-order chi connectivity index (χ1) is 9.09. The second-order valence-corrected chi connectivity index (χ2v) is 5.57. The van der Waals surface area contributed by atoms with Crippen LogP contribution in [0.5, 0.6) is 0 Å². The quantitative estimate of drug-likeness (QED) is 0.860. The predicted octanol–water partition coefficient (Wildman–Crippen LogP) is 1.45. The Kier molecular flexibility index (Phi) is 2.81. The number of rotatable bonds is 4. The summed E-state index contributed by atoms with van der Waals surface area (Å²) in [6.07, 6.45) is 4.75. The van der Waals surface area contributed by atoms with Crippen LogP contribution in [0.3, 0.4) is 0 Å². The third kappa shape index (κ3) is 2.35. The van der Waals surface area contributed by atoms with E-state index in [1.165, 1.54) is 17.5 Å². The van der Waals surface area contributed by atoms with Gasteiger partial charge in [-0.05, 0) is 48.8 Å². The van der Waals surface area contributed by atoms with Crippen molar-refractivity contribution in [1.29, 1.82) is 0 Å². The molecule has 2 N–H and O–H groups in total. The van der Waals surface area contributed by atoms with Gasteiger partial charge in [-0.3, -0.25) is 4.79 Å². The van der Waals surface area contributed by atoms with E-state index in [2.05, 4.69) is 17.4 Å².